The lowest BCUT2D eigenvalue weighted by molar-refractivity contribution is -0.102. The predicted octanol–water partition coefficient (Wildman–Crippen LogP) is 6.28. The molecule has 2 nitrogen and oxygen atoms in total. The summed E-state index contributed by atoms with van der Waals surface area (Å²) in [6.45, 7) is 0. The van der Waals surface area contributed by atoms with E-state index in [0.717, 1.165) is 0 Å². The fraction of sp³-hybridized carbons (Fsp3) is 0.200. The van der Waals surface area contributed by atoms with E-state index in [0.29, 0.717) is 0 Å². The van der Waals surface area contributed by atoms with Crippen LogP contribution in [-0.2, 0) is 20.7 Å². The molecule has 0 aliphatic carbocycles. The summed E-state index contributed by atoms with van der Waals surface area (Å²) in [7, 11) is 0. The number of rotatable bonds is 2. The maximum absolute atomic E-state index is 7.49. The standard InChI is InChI=1S/C30H22O2/c1-3-11-19(12-4-1)29-23-17-9-10-18-24(23)30(32-29,20-13-5-2-6-14-20)26-25(29)27-21-15-7-8-16-22(21)28(26)31-27/h1-18,25-28H/t25-,26+,27+,28-,29-,30+. The molecule has 6 atom stereocenters. The summed E-state index contributed by atoms with van der Waals surface area (Å²) < 4.78 is 14.3. The third-order valence-corrected chi connectivity index (χ3v) is 8.33. The molecular formula is C30H22O2. The Morgan fingerprint density at radius 2 is 0.875 bits per heavy atom. The topological polar surface area (TPSA) is 18.5 Å². The molecular weight excluding hydrogens is 392 g/mol. The fourth-order valence-corrected chi connectivity index (χ4v) is 7.37. The summed E-state index contributed by atoms with van der Waals surface area (Å²) in [5.41, 5.74) is 6.68. The van der Waals surface area contributed by atoms with Crippen molar-refractivity contribution < 1.29 is 9.47 Å². The van der Waals surface area contributed by atoms with Gasteiger partial charge in [-0.1, -0.05) is 109 Å². The minimum absolute atomic E-state index is 0.0420. The van der Waals surface area contributed by atoms with Gasteiger partial charge in [0.25, 0.3) is 0 Å². The van der Waals surface area contributed by atoms with Gasteiger partial charge in [0.15, 0.2) is 0 Å². The van der Waals surface area contributed by atoms with Gasteiger partial charge >= 0.3 is 0 Å². The van der Waals surface area contributed by atoms with E-state index in [1.807, 2.05) is 0 Å². The van der Waals surface area contributed by atoms with E-state index in [2.05, 4.69) is 109 Å². The molecule has 0 radical (unpaired) electrons. The molecule has 0 spiro atoms. The van der Waals surface area contributed by atoms with Crippen molar-refractivity contribution in [2.45, 2.75) is 23.4 Å². The van der Waals surface area contributed by atoms with E-state index in [9.17, 15) is 0 Å². The fourth-order valence-electron chi connectivity index (χ4n) is 7.37. The lowest BCUT2D eigenvalue weighted by Crippen LogP contribution is -2.42. The highest BCUT2D eigenvalue weighted by Gasteiger charge is 2.78. The summed E-state index contributed by atoms with van der Waals surface area (Å²) in [4.78, 5) is 0. The molecule has 0 N–H and O–H groups in total. The van der Waals surface area contributed by atoms with Crippen LogP contribution in [0.2, 0.25) is 0 Å². The molecule has 2 fully saturated rings. The van der Waals surface area contributed by atoms with Crippen molar-refractivity contribution in [3.8, 4) is 0 Å². The summed E-state index contributed by atoms with van der Waals surface area (Å²) in [6.07, 6.45) is 0.0840. The SMILES string of the molecule is c1ccc([C@@]23O[C@@](c4ccccc4)(c4ccccc42)[C@H]2[C@@H]3[C@H]3O[C@@H]2c2ccccc23)cc1. The lowest BCUT2D eigenvalue weighted by atomic mass is 9.55. The Hall–Kier alpha value is -3.20. The third kappa shape index (κ3) is 1.76. The normalized spacial score (nSPS) is 34.9. The van der Waals surface area contributed by atoms with Crippen LogP contribution in [0.15, 0.2) is 109 Å². The lowest BCUT2D eigenvalue weighted by Gasteiger charge is -2.41. The van der Waals surface area contributed by atoms with Crippen LogP contribution >= 0.6 is 0 Å². The van der Waals surface area contributed by atoms with Gasteiger partial charge in [0.2, 0.25) is 0 Å². The molecule has 0 unspecified atom stereocenters. The van der Waals surface area contributed by atoms with E-state index in [4.69, 9.17) is 9.47 Å². The molecule has 0 saturated carbocycles. The monoisotopic (exact) mass is 414 g/mol. The largest absolute Gasteiger partial charge is 0.365 e. The van der Waals surface area contributed by atoms with E-state index < -0.39 is 11.2 Å². The molecule has 2 heteroatoms. The maximum Gasteiger partial charge on any atom is 0.126 e. The summed E-state index contributed by atoms with van der Waals surface area (Å²) in [5.74, 6) is 0.444. The second kappa shape index (κ2) is 5.78. The zero-order valence-electron chi connectivity index (χ0n) is 17.5. The van der Waals surface area contributed by atoms with Crippen molar-refractivity contribution in [3.63, 3.8) is 0 Å². The Labute approximate surface area is 187 Å². The van der Waals surface area contributed by atoms with Crippen LogP contribution in [0.4, 0.5) is 0 Å². The van der Waals surface area contributed by atoms with Gasteiger partial charge in [-0.05, 0) is 33.4 Å². The summed E-state index contributed by atoms with van der Waals surface area (Å²) in [6, 6.07) is 39.3. The average Bonchev–Trinajstić information content (AvgIpc) is 3.60. The Balaban J connectivity index is 1.50. The molecule has 8 rings (SSSR count). The van der Waals surface area contributed by atoms with Gasteiger partial charge in [-0.25, -0.2) is 0 Å². The maximum atomic E-state index is 7.49. The first kappa shape index (κ1) is 17.4. The Morgan fingerprint density at radius 1 is 0.469 bits per heavy atom. The second-order valence-corrected chi connectivity index (χ2v) is 9.51. The molecule has 4 aliphatic heterocycles. The van der Waals surface area contributed by atoms with Gasteiger partial charge < -0.3 is 9.47 Å². The molecule has 2 saturated heterocycles. The van der Waals surface area contributed by atoms with Gasteiger partial charge in [-0.15, -0.1) is 0 Å². The highest BCUT2D eigenvalue weighted by Crippen LogP contribution is 2.78. The molecule has 4 aromatic rings. The number of fused-ring (bicyclic) bond motifs is 15. The van der Waals surface area contributed by atoms with Crippen LogP contribution < -0.4 is 0 Å². The van der Waals surface area contributed by atoms with Crippen molar-refractivity contribution in [3.05, 3.63) is 143 Å². The quantitative estimate of drug-likeness (QED) is 0.385. The van der Waals surface area contributed by atoms with E-state index >= 15 is 0 Å². The molecule has 0 aromatic heterocycles. The average molecular weight is 415 g/mol. The summed E-state index contributed by atoms with van der Waals surface area (Å²) in [5, 5.41) is 0. The van der Waals surface area contributed by atoms with E-state index in [-0.39, 0.29) is 24.0 Å². The zero-order valence-corrected chi connectivity index (χ0v) is 17.5. The van der Waals surface area contributed by atoms with Gasteiger partial charge in [0, 0.05) is 11.8 Å². The van der Waals surface area contributed by atoms with E-state index in [1.165, 1.54) is 33.4 Å². The second-order valence-electron chi connectivity index (χ2n) is 9.51. The van der Waals surface area contributed by atoms with E-state index in [1.54, 1.807) is 0 Å². The summed E-state index contributed by atoms with van der Waals surface area (Å²) >= 11 is 0. The molecule has 4 aliphatic rings. The van der Waals surface area contributed by atoms with Crippen molar-refractivity contribution in [1.29, 1.82) is 0 Å². The Kier molecular flexibility index (Phi) is 3.13. The molecule has 4 bridgehead atoms. The minimum atomic E-state index is -0.523. The van der Waals surface area contributed by atoms with Gasteiger partial charge in [0.05, 0.1) is 12.2 Å². The van der Waals surface area contributed by atoms with Crippen LogP contribution in [0.3, 0.4) is 0 Å². The third-order valence-electron chi connectivity index (χ3n) is 8.33. The highest BCUT2D eigenvalue weighted by atomic mass is 16.6. The van der Waals surface area contributed by atoms with Gasteiger partial charge in [0.1, 0.15) is 11.2 Å². The Bertz CT molecular complexity index is 1260. The first-order valence-electron chi connectivity index (χ1n) is 11.5. The van der Waals surface area contributed by atoms with Crippen molar-refractivity contribution in [1.82, 2.24) is 0 Å². The molecule has 154 valence electrons. The van der Waals surface area contributed by atoms with Crippen LogP contribution in [0.1, 0.15) is 45.6 Å². The molecule has 0 amide bonds. The van der Waals surface area contributed by atoms with Gasteiger partial charge in [-0.3, -0.25) is 0 Å². The molecule has 4 aromatic carbocycles. The zero-order chi connectivity index (χ0) is 20.9. The Morgan fingerprint density at radius 3 is 1.34 bits per heavy atom. The number of hydrogen-bond acceptors (Lipinski definition) is 2. The highest BCUT2D eigenvalue weighted by molar-refractivity contribution is 5.60. The smallest absolute Gasteiger partial charge is 0.126 e. The number of hydrogen-bond donors (Lipinski definition) is 0. The molecule has 32 heavy (non-hydrogen) atoms. The molecule has 4 heterocycles. The van der Waals surface area contributed by atoms with Crippen molar-refractivity contribution in [2.75, 3.05) is 0 Å². The number of ether oxygens (including phenoxy) is 2. The number of benzene rings is 4. The first-order chi connectivity index (χ1) is 15.9. The van der Waals surface area contributed by atoms with Crippen molar-refractivity contribution >= 4 is 0 Å². The van der Waals surface area contributed by atoms with Crippen LogP contribution in [0, 0.1) is 11.8 Å². The van der Waals surface area contributed by atoms with Crippen LogP contribution in [0.25, 0.3) is 0 Å². The minimum Gasteiger partial charge on any atom is -0.365 e. The van der Waals surface area contributed by atoms with Crippen LogP contribution in [-0.4, -0.2) is 0 Å². The van der Waals surface area contributed by atoms with Crippen molar-refractivity contribution in [2.24, 2.45) is 11.8 Å². The predicted molar refractivity (Wildman–Crippen MR) is 122 cm³/mol. The van der Waals surface area contributed by atoms with Gasteiger partial charge in [-0.2, -0.15) is 0 Å². The first-order valence-corrected chi connectivity index (χ1v) is 11.5. The van der Waals surface area contributed by atoms with Crippen LogP contribution in [0.5, 0.6) is 0 Å².